The molecule has 1 rings (SSSR count). The van der Waals surface area contributed by atoms with Gasteiger partial charge in [-0.25, -0.2) is 0 Å². The number of rotatable bonds is 5. The monoisotopic (exact) mass is 253 g/mol. The number of carbonyl (C=O) groups excluding carboxylic acids is 1. The first-order valence-corrected chi connectivity index (χ1v) is 6.80. The summed E-state index contributed by atoms with van der Waals surface area (Å²) in [4.78, 5) is 12.6. The lowest BCUT2D eigenvalue weighted by Gasteiger charge is -2.21. The number of benzene rings is 1. The van der Waals surface area contributed by atoms with Gasteiger partial charge in [-0.3, -0.25) is 4.79 Å². The molecule has 1 aromatic rings. The number of hydrogen-bond acceptors (Lipinski definition) is 4. The van der Waals surface area contributed by atoms with Crippen molar-refractivity contribution in [1.82, 2.24) is 0 Å². The standard InChI is InChI=1S/C13H19NO2S/c1-9(13(15)16-3)10(2)14-11-7-5-6-8-12(11)17-4/h5-10,14H,1-4H3. The smallest absolute Gasteiger partial charge is 0.310 e. The van der Waals surface area contributed by atoms with E-state index in [4.69, 9.17) is 4.74 Å². The van der Waals surface area contributed by atoms with Crippen LogP contribution in [-0.4, -0.2) is 25.4 Å². The lowest BCUT2D eigenvalue weighted by atomic mass is 10.0. The molecule has 4 heteroatoms. The Hall–Kier alpha value is -1.16. The molecule has 1 aromatic carbocycles. The van der Waals surface area contributed by atoms with Crippen molar-refractivity contribution < 1.29 is 9.53 Å². The molecule has 0 fully saturated rings. The van der Waals surface area contributed by atoms with E-state index in [0.29, 0.717) is 0 Å². The minimum absolute atomic E-state index is 0.0377. The van der Waals surface area contributed by atoms with Crippen molar-refractivity contribution in [1.29, 1.82) is 0 Å². The molecule has 17 heavy (non-hydrogen) atoms. The molecule has 94 valence electrons. The number of methoxy groups -OCH3 is 1. The van der Waals surface area contributed by atoms with Gasteiger partial charge >= 0.3 is 5.97 Å². The average molecular weight is 253 g/mol. The summed E-state index contributed by atoms with van der Waals surface area (Å²) in [7, 11) is 1.42. The maximum atomic E-state index is 11.4. The Kier molecular flexibility index (Phi) is 5.35. The number of esters is 1. The molecule has 0 aliphatic carbocycles. The van der Waals surface area contributed by atoms with E-state index in [9.17, 15) is 4.79 Å². The van der Waals surface area contributed by atoms with Crippen LogP contribution in [0.25, 0.3) is 0 Å². The van der Waals surface area contributed by atoms with E-state index in [2.05, 4.69) is 11.4 Å². The van der Waals surface area contributed by atoms with E-state index in [1.807, 2.05) is 38.3 Å². The zero-order chi connectivity index (χ0) is 12.8. The molecule has 2 unspecified atom stereocenters. The number of thioether (sulfide) groups is 1. The number of carbonyl (C=O) groups is 1. The van der Waals surface area contributed by atoms with Gasteiger partial charge in [-0.15, -0.1) is 11.8 Å². The SMILES string of the molecule is COC(=O)C(C)C(C)Nc1ccccc1SC. The van der Waals surface area contributed by atoms with Gasteiger partial charge in [0.05, 0.1) is 13.0 Å². The van der Waals surface area contributed by atoms with E-state index >= 15 is 0 Å². The fraction of sp³-hybridized carbons (Fsp3) is 0.462. The predicted molar refractivity (Wildman–Crippen MR) is 72.5 cm³/mol. The topological polar surface area (TPSA) is 38.3 Å². The first-order chi connectivity index (χ1) is 8.10. The van der Waals surface area contributed by atoms with Gasteiger partial charge in [0.1, 0.15) is 0 Å². The molecule has 0 aromatic heterocycles. The molecule has 0 spiro atoms. The van der Waals surface area contributed by atoms with E-state index in [1.54, 1.807) is 11.8 Å². The van der Waals surface area contributed by atoms with Crippen molar-refractivity contribution >= 4 is 23.4 Å². The zero-order valence-electron chi connectivity index (χ0n) is 10.7. The molecule has 3 nitrogen and oxygen atoms in total. The van der Waals surface area contributed by atoms with Crippen LogP contribution >= 0.6 is 11.8 Å². The zero-order valence-corrected chi connectivity index (χ0v) is 11.5. The Labute approximate surface area is 107 Å². The average Bonchev–Trinajstić information content (AvgIpc) is 2.37. The van der Waals surface area contributed by atoms with Gasteiger partial charge in [-0.05, 0) is 32.2 Å². The quantitative estimate of drug-likeness (QED) is 0.646. The van der Waals surface area contributed by atoms with E-state index < -0.39 is 0 Å². The van der Waals surface area contributed by atoms with E-state index in [0.717, 1.165) is 5.69 Å². The number of anilines is 1. The lowest BCUT2D eigenvalue weighted by Crippen LogP contribution is -2.30. The van der Waals surface area contributed by atoms with Crippen molar-refractivity contribution in [3.63, 3.8) is 0 Å². The number of ether oxygens (including phenoxy) is 1. The van der Waals surface area contributed by atoms with Crippen LogP contribution in [0.1, 0.15) is 13.8 Å². The van der Waals surface area contributed by atoms with Crippen LogP contribution in [-0.2, 0) is 9.53 Å². The lowest BCUT2D eigenvalue weighted by molar-refractivity contribution is -0.145. The summed E-state index contributed by atoms with van der Waals surface area (Å²) in [6.07, 6.45) is 2.04. The van der Waals surface area contributed by atoms with Crippen LogP contribution in [0.3, 0.4) is 0 Å². The van der Waals surface area contributed by atoms with Crippen LogP contribution in [0.5, 0.6) is 0 Å². The molecule has 0 bridgehead atoms. The fourth-order valence-electron chi connectivity index (χ4n) is 1.52. The minimum atomic E-state index is -0.188. The molecule has 0 saturated heterocycles. The van der Waals surface area contributed by atoms with E-state index in [-0.39, 0.29) is 17.9 Å². The number of hydrogen-bond donors (Lipinski definition) is 1. The van der Waals surface area contributed by atoms with Gasteiger partial charge < -0.3 is 10.1 Å². The maximum absolute atomic E-state index is 11.4. The Morgan fingerprint density at radius 1 is 1.35 bits per heavy atom. The molecule has 0 saturated carbocycles. The summed E-state index contributed by atoms with van der Waals surface area (Å²) < 4.78 is 4.74. The summed E-state index contributed by atoms with van der Waals surface area (Å²) in [5, 5.41) is 3.35. The van der Waals surface area contributed by atoms with Crippen molar-refractivity contribution in [3.05, 3.63) is 24.3 Å². The largest absolute Gasteiger partial charge is 0.469 e. The van der Waals surface area contributed by atoms with Gasteiger partial charge in [0, 0.05) is 16.6 Å². The number of nitrogens with one attached hydrogen (secondary N) is 1. The van der Waals surface area contributed by atoms with Crippen LogP contribution in [0.4, 0.5) is 5.69 Å². The molecule has 0 radical (unpaired) electrons. The summed E-state index contributed by atoms with van der Waals surface area (Å²) in [6, 6.07) is 8.11. The highest BCUT2D eigenvalue weighted by atomic mass is 32.2. The van der Waals surface area contributed by atoms with Crippen LogP contribution < -0.4 is 5.32 Å². The fourth-order valence-corrected chi connectivity index (χ4v) is 2.09. The number of para-hydroxylation sites is 1. The van der Waals surface area contributed by atoms with Gasteiger partial charge in [-0.1, -0.05) is 12.1 Å². The molecule has 0 aliphatic heterocycles. The van der Waals surface area contributed by atoms with E-state index in [1.165, 1.54) is 12.0 Å². The molecule has 0 heterocycles. The van der Waals surface area contributed by atoms with Gasteiger partial charge in [-0.2, -0.15) is 0 Å². The third kappa shape index (κ3) is 3.66. The van der Waals surface area contributed by atoms with Crippen molar-refractivity contribution in [2.75, 3.05) is 18.7 Å². The first kappa shape index (κ1) is 13.9. The molecule has 1 N–H and O–H groups in total. The second-order valence-electron chi connectivity index (χ2n) is 3.95. The van der Waals surface area contributed by atoms with Crippen molar-refractivity contribution in [2.24, 2.45) is 5.92 Å². The summed E-state index contributed by atoms with van der Waals surface area (Å²) in [5.41, 5.74) is 1.06. The highest BCUT2D eigenvalue weighted by molar-refractivity contribution is 7.98. The maximum Gasteiger partial charge on any atom is 0.310 e. The normalized spacial score (nSPS) is 13.9. The third-order valence-corrected chi connectivity index (χ3v) is 3.61. The second kappa shape index (κ2) is 6.55. The van der Waals surface area contributed by atoms with Crippen molar-refractivity contribution in [3.8, 4) is 0 Å². The van der Waals surface area contributed by atoms with Crippen LogP contribution in [0.2, 0.25) is 0 Å². The van der Waals surface area contributed by atoms with Gasteiger partial charge in [0.2, 0.25) is 0 Å². The Morgan fingerprint density at radius 3 is 2.59 bits per heavy atom. The minimum Gasteiger partial charge on any atom is -0.469 e. The molecular weight excluding hydrogens is 234 g/mol. The Bertz CT molecular complexity index is 381. The highest BCUT2D eigenvalue weighted by Gasteiger charge is 2.21. The summed E-state index contributed by atoms with van der Waals surface area (Å²) in [6.45, 7) is 3.85. The Balaban J connectivity index is 2.73. The van der Waals surface area contributed by atoms with Gasteiger partial charge in [0.15, 0.2) is 0 Å². The summed E-state index contributed by atoms with van der Waals surface area (Å²) >= 11 is 1.68. The van der Waals surface area contributed by atoms with Crippen LogP contribution in [0, 0.1) is 5.92 Å². The summed E-state index contributed by atoms with van der Waals surface area (Å²) in [5.74, 6) is -0.360. The van der Waals surface area contributed by atoms with Gasteiger partial charge in [0.25, 0.3) is 0 Å². The molecule has 2 atom stereocenters. The highest BCUT2D eigenvalue weighted by Crippen LogP contribution is 2.26. The Morgan fingerprint density at radius 2 is 2.00 bits per heavy atom. The van der Waals surface area contributed by atoms with Crippen molar-refractivity contribution in [2.45, 2.75) is 24.8 Å². The second-order valence-corrected chi connectivity index (χ2v) is 4.79. The predicted octanol–water partition coefficient (Wildman–Crippen LogP) is 3.02. The molecule has 0 amide bonds. The molecular formula is C13H19NO2S. The van der Waals surface area contributed by atoms with Crippen LogP contribution in [0.15, 0.2) is 29.2 Å². The molecule has 0 aliphatic rings. The third-order valence-electron chi connectivity index (χ3n) is 2.81. The first-order valence-electron chi connectivity index (χ1n) is 5.57.